The van der Waals surface area contributed by atoms with E-state index < -0.39 is 5.97 Å². The fourth-order valence-electron chi connectivity index (χ4n) is 1.57. The van der Waals surface area contributed by atoms with Crippen molar-refractivity contribution in [2.45, 2.75) is 13.8 Å². The average molecular weight is 257 g/mol. The van der Waals surface area contributed by atoms with Gasteiger partial charge in [-0.25, -0.2) is 4.79 Å². The van der Waals surface area contributed by atoms with Crippen molar-refractivity contribution in [1.82, 2.24) is 0 Å². The molecule has 0 aromatic carbocycles. The summed E-state index contributed by atoms with van der Waals surface area (Å²) in [5.41, 5.74) is 0.971. The molecule has 1 rings (SSSR count). The Kier molecular flexibility index (Phi) is 5.44. The van der Waals surface area contributed by atoms with Crippen molar-refractivity contribution >= 4 is 23.0 Å². The number of ether oxygens (including phenoxy) is 1. The molecule has 5 heteroatoms. The minimum Gasteiger partial charge on any atom is -0.477 e. The van der Waals surface area contributed by atoms with E-state index in [9.17, 15) is 4.79 Å². The van der Waals surface area contributed by atoms with Crippen LogP contribution in [0, 0.1) is 5.92 Å². The third kappa shape index (κ3) is 4.36. The summed E-state index contributed by atoms with van der Waals surface area (Å²) in [6.07, 6.45) is 0. The van der Waals surface area contributed by atoms with Gasteiger partial charge < -0.3 is 14.7 Å². The number of thiophene rings is 1. The Hall–Kier alpha value is -1.07. The van der Waals surface area contributed by atoms with Crippen LogP contribution in [0.15, 0.2) is 11.4 Å². The van der Waals surface area contributed by atoms with E-state index in [4.69, 9.17) is 9.84 Å². The molecule has 0 bridgehead atoms. The van der Waals surface area contributed by atoms with E-state index in [1.54, 1.807) is 13.2 Å². The Labute approximate surface area is 106 Å². The molecule has 1 aromatic rings. The molecule has 0 aliphatic rings. The number of rotatable bonds is 7. The van der Waals surface area contributed by atoms with Gasteiger partial charge in [0.05, 0.1) is 6.61 Å². The highest BCUT2D eigenvalue weighted by molar-refractivity contribution is 7.12. The first-order valence-electron chi connectivity index (χ1n) is 5.60. The first-order valence-corrected chi connectivity index (χ1v) is 6.48. The summed E-state index contributed by atoms with van der Waals surface area (Å²) < 4.78 is 5.08. The zero-order valence-corrected chi connectivity index (χ0v) is 11.3. The van der Waals surface area contributed by atoms with Crippen molar-refractivity contribution in [2.75, 3.05) is 31.7 Å². The molecule has 96 valence electrons. The molecule has 0 atom stereocenters. The van der Waals surface area contributed by atoms with Crippen LogP contribution < -0.4 is 4.90 Å². The highest BCUT2D eigenvalue weighted by atomic mass is 32.1. The molecular formula is C12H19NO3S. The largest absolute Gasteiger partial charge is 0.477 e. The van der Waals surface area contributed by atoms with Gasteiger partial charge in [-0.2, -0.15) is 0 Å². The molecule has 0 aliphatic carbocycles. The van der Waals surface area contributed by atoms with E-state index in [0.717, 1.165) is 18.8 Å². The maximum atomic E-state index is 10.8. The number of anilines is 1. The number of nitrogens with zero attached hydrogens (tertiary/aromatic N) is 1. The van der Waals surface area contributed by atoms with Crippen molar-refractivity contribution < 1.29 is 14.6 Å². The Morgan fingerprint density at radius 2 is 2.29 bits per heavy atom. The zero-order chi connectivity index (χ0) is 12.8. The number of carboxylic acid groups (broad SMARTS) is 1. The van der Waals surface area contributed by atoms with E-state index in [1.807, 2.05) is 5.38 Å². The van der Waals surface area contributed by atoms with E-state index in [-0.39, 0.29) is 0 Å². The van der Waals surface area contributed by atoms with Crippen LogP contribution in [0.4, 0.5) is 5.69 Å². The summed E-state index contributed by atoms with van der Waals surface area (Å²) in [5, 5.41) is 10.8. The smallest absolute Gasteiger partial charge is 0.345 e. The number of hydrogen-bond acceptors (Lipinski definition) is 4. The van der Waals surface area contributed by atoms with Crippen LogP contribution in [-0.2, 0) is 4.74 Å². The van der Waals surface area contributed by atoms with Crippen LogP contribution >= 0.6 is 11.3 Å². The molecule has 1 heterocycles. The van der Waals surface area contributed by atoms with Gasteiger partial charge in [0, 0.05) is 31.3 Å². The van der Waals surface area contributed by atoms with Gasteiger partial charge in [0.1, 0.15) is 4.88 Å². The van der Waals surface area contributed by atoms with E-state index in [0.29, 0.717) is 17.4 Å². The molecule has 0 fully saturated rings. The van der Waals surface area contributed by atoms with Crippen molar-refractivity contribution in [3.63, 3.8) is 0 Å². The van der Waals surface area contributed by atoms with Crippen molar-refractivity contribution in [2.24, 2.45) is 5.92 Å². The van der Waals surface area contributed by atoms with Crippen molar-refractivity contribution in [3.05, 3.63) is 16.3 Å². The topological polar surface area (TPSA) is 49.8 Å². The summed E-state index contributed by atoms with van der Waals surface area (Å²) in [6, 6.07) is 1.73. The predicted octanol–water partition coefficient (Wildman–Crippen LogP) is 2.56. The molecule has 0 saturated heterocycles. The van der Waals surface area contributed by atoms with E-state index in [2.05, 4.69) is 18.7 Å². The lowest BCUT2D eigenvalue weighted by Crippen LogP contribution is -2.30. The Morgan fingerprint density at radius 1 is 1.59 bits per heavy atom. The van der Waals surface area contributed by atoms with Crippen LogP contribution in [0.3, 0.4) is 0 Å². The molecule has 4 nitrogen and oxygen atoms in total. The SMILES string of the molecule is COCCN(CC(C)C)c1csc(C(=O)O)c1. The first kappa shape index (κ1) is 14.0. The van der Waals surface area contributed by atoms with Gasteiger partial charge in [0.2, 0.25) is 0 Å². The van der Waals surface area contributed by atoms with Crippen LogP contribution in [0.5, 0.6) is 0 Å². The van der Waals surface area contributed by atoms with Gasteiger partial charge >= 0.3 is 5.97 Å². The molecule has 0 aliphatic heterocycles. The lowest BCUT2D eigenvalue weighted by Gasteiger charge is -2.25. The number of carboxylic acids is 1. The van der Waals surface area contributed by atoms with Gasteiger partial charge in [0.25, 0.3) is 0 Å². The standard InChI is InChI=1S/C12H19NO3S/c1-9(2)7-13(4-5-16-3)10-6-11(12(14)15)17-8-10/h6,8-9H,4-5,7H2,1-3H3,(H,14,15). The summed E-state index contributed by atoms with van der Waals surface area (Å²) in [7, 11) is 1.67. The van der Waals surface area contributed by atoms with Crippen molar-refractivity contribution in [3.8, 4) is 0 Å². The number of aromatic carboxylic acids is 1. The van der Waals surface area contributed by atoms with E-state index in [1.165, 1.54) is 11.3 Å². The van der Waals surface area contributed by atoms with Crippen LogP contribution in [0.25, 0.3) is 0 Å². The minimum atomic E-state index is -0.863. The molecular weight excluding hydrogens is 238 g/mol. The molecule has 0 spiro atoms. The summed E-state index contributed by atoms with van der Waals surface area (Å²) >= 11 is 1.26. The molecule has 0 saturated carbocycles. The summed E-state index contributed by atoms with van der Waals surface area (Å²) in [5.74, 6) is -0.336. The van der Waals surface area contributed by atoms with Gasteiger partial charge in [-0.3, -0.25) is 0 Å². The molecule has 1 aromatic heterocycles. The first-order chi connectivity index (χ1) is 8.04. The summed E-state index contributed by atoms with van der Waals surface area (Å²) in [4.78, 5) is 13.4. The van der Waals surface area contributed by atoms with E-state index >= 15 is 0 Å². The molecule has 1 N–H and O–H groups in total. The van der Waals surface area contributed by atoms with Crippen LogP contribution in [0.2, 0.25) is 0 Å². The molecule has 17 heavy (non-hydrogen) atoms. The third-order valence-corrected chi connectivity index (χ3v) is 3.22. The maximum Gasteiger partial charge on any atom is 0.345 e. The quantitative estimate of drug-likeness (QED) is 0.815. The lowest BCUT2D eigenvalue weighted by atomic mass is 10.2. The second-order valence-corrected chi connectivity index (χ2v) is 5.22. The Morgan fingerprint density at radius 3 is 2.76 bits per heavy atom. The van der Waals surface area contributed by atoms with Gasteiger partial charge in [0.15, 0.2) is 0 Å². The Balaban J connectivity index is 2.76. The van der Waals surface area contributed by atoms with Gasteiger partial charge in [-0.05, 0) is 12.0 Å². The van der Waals surface area contributed by atoms with Crippen LogP contribution in [0.1, 0.15) is 23.5 Å². The number of carbonyl (C=O) groups is 1. The van der Waals surface area contributed by atoms with Gasteiger partial charge in [-0.15, -0.1) is 11.3 Å². The second kappa shape index (κ2) is 6.61. The Bertz CT molecular complexity index is 362. The number of methoxy groups -OCH3 is 1. The zero-order valence-electron chi connectivity index (χ0n) is 10.5. The lowest BCUT2D eigenvalue weighted by molar-refractivity contribution is 0.0702. The average Bonchev–Trinajstić information content (AvgIpc) is 2.72. The van der Waals surface area contributed by atoms with Gasteiger partial charge in [-0.1, -0.05) is 13.8 Å². The highest BCUT2D eigenvalue weighted by Gasteiger charge is 2.13. The maximum absolute atomic E-state index is 10.8. The molecule has 0 amide bonds. The monoisotopic (exact) mass is 257 g/mol. The highest BCUT2D eigenvalue weighted by Crippen LogP contribution is 2.24. The number of hydrogen-bond donors (Lipinski definition) is 1. The molecule has 0 radical (unpaired) electrons. The summed E-state index contributed by atoms with van der Waals surface area (Å²) in [6.45, 7) is 6.61. The van der Waals surface area contributed by atoms with Crippen molar-refractivity contribution in [1.29, 1.82) is 0 Å². The molecule has 0 unspecified atom stereocenters. The fourth-order valence-corrected chi connectivity index (χ4v) is 2.33. The van der Waals surface area contributed by atoms with Crippen LogP contribution in [-0.4, -0.2) is 37.9 Å². The minimum absolute atomic E-state index is 0.381. The third-order valence-electron chi connectivity index (χ3n) is 2.31. The normalized spacial score (nSPS) is 10.8. The second-order valence-electron chi connectivity index (χ2n) is 4.31. The fraction of sp³-hybridized carbons (Fsp3) is 0.583. The predicted molar refractivity (Wildman–Crippen MR) is 70.2 cm³/mol.